The molecule has 0 unspecified atom stereocenters. The van der Waals surface area contributed by atoms with Crippen LogP contribution in [0.25, 0.3) is 0 Å². The number of amides is 1. The van der Waals surface area contributed by atoms with Crippen LogP contribution in [0.5, 0.6) is 5.75 Å². The molecule has 0 fully saturated rings. The molecule has 0 aliphatic rings. The highest BCUT2D eigenvalue weighted by Crippen LogP contribution is 2.26. The normalized spacial score (nSPS) is 11.3. The fraction of sp³-hybridized carbons (Fsp3) is 0.562. The maximum atomic E-state index is 13.7. The molecule has 0 spiro atoms. The number of para-hydroxylation sites is 1. The van der Waals surface area contributed by atoms with Crippen molar-refractivity contribution in [2.75, 3.05) is 19.8 Å². The standard InChI is InChI=1S/C16H24FNO3/c1-4-16(5-2,11-19)10-18-15(20)12-8-7-9-13(17)14(12)21-6-3/h7-9,19H,4-6,10-11H2,1-3H3,(H,18,20). The van der Waals surface area contributed by atoms with Gasteiger partial charge in [-0.15, -0.1) is 0 Å². The zero-order valence-electron chi connectivity index (χ0n) is 12.9. The van der Waals surface area contributed by atoms with E-state index < -0.39 is 11.7 Å². The van der Waals surface area contributed by atoms with E-state index in [1.54, 1.807) is 6.92 Å². The number of hydrogen-bond acceptors (Lipinski definition) is 3. The summed E-state index contributed by atoms with van der Waals surface area (Å²) in [4.78, 5) is 12.2. The number of rotatable bonds is 8. The minimum atomic E-state index is -0.552. The molecular formula is C16H24FNO3. The number of hydrogen-bond donors (Lipinski definition) is 2. The van der Waals surface area contributed by atoms with Crippen LogP contribution in [0.4, 0.5) is 4.39 Å². The molecule has 1 rings (SSSR count). The summed E-state index contributed by atoms with van der Waals surface area (Å²) in [7, 11) is 0. The van der Waals surface area contributed by atoms with Gasteiger partial charge in [-0.25, -0.2) is 4.39 Å². The molecule has 118 valence electrons. The molecule has 0 saturated heterocycles. The van der Waals surface area contributed by atoms with Gasteiger partial charge in [0.1, 0.15) is 0 Å². The van der Waals surface area contributed by atoms with Crippen LogP contribution in [-0.4, -0.2) is 30.8 Å². The summed E-state index contributed by atoms with van der Waals surface area (Å²) in [6, 6.07) is 4.27. The second-order valence-electron chi connectivity index (χ2n) is 5.10. The summed E-state index contributed by atoms with van der Waals surface area (Å²) in [6.07, 6.45) is 1.50. The highest BCUT2D eigenvalue weighted by atomic mass is 19.1. The maximum Gasteiger partial charge on any atom is 0.255 e. The average molecular weight is 297 g/mol. The van der Waals surface area contributed by atoms with Crippen molar-refractivity contribution >= 4 is 5.91 Å². The predicted octanol–water partition coefficient (Wildman–Crippen LogP) is 2.75. The van der Waals surface area contributed by atoms with Gasteiger partial charge in [0.15, 0.2) is 11.6 Å². The van der Waals surface area contributed by atoms with Crippen molar-refractivity contribution in [1.82, 2.24) is 5.32 Å². The third-order valence-electron chi connectivity index (χ3n) is 3.96. The van der Waals surface area contributed by atoms with Crippen molar-refractivity contribution in [3.8, 4) is 5.75 Å². The zero-order valence-corrected chi connectivity index (χ0v) is 12.9. The van der Waals surface area contributed by atoms with Gasteiger partial charge in [-0.3, -0.25) is 4.79 Å². The Balaban J connectivity index is 2.87. The van der Waals surface area contributed by atoms with Gasteiger partial charge in [0, 0.05) is 12.0 Å². The van der Waals surface area contributed by atoms with Gasteiger partial charge < -0.3 is 15.2 Å². The molecular weight excluding hydrogens is 273 g/mol. The van der Waals surface area contributed by atoms with Crippen LogP contribution in [0.3, 0.4) is 0 Å². The number of carbonyl (C=O) groups is 1. The number of nitrogens with one attached hydrogen (secondary N) is 1. The molecule has 0 aromatic heterocycles. The van der Waals surface area contributed by atoms with Gasteiger partial charge in [0.2, 0.25) is 0 Å². The molecule has 0 bridgehead atoms. The number of halogens is 1. The Hall–Kier alpha value is -1.62. The molecule has 4 nitrogen and oxygen atoms in total. The summed E-state index contributed by atoms with van der Waals surface area (Å²) in [5, 5.41) is 12.3. The Morgan fingerprint density at radius 2 is 2.00 bits per heavy atom. The van der Waals surface area contributed by atoms with E-state index in [4.69, 9.17) is 4.74 Å². The first-order valence-corrected chi connectivity index (χ1v) is 7.34. The Morgan fingerprint density at radius 3 is 2.52 bits per heavy atom. The molecule has 0 aliphatic heterocycles. The quantitative estimate of drug-likeness (QED) is 0.775. The van der Waals surface area contributed by atoms with Crippen molar-refractivity contribution in [2.45, 2.75) is 33.6 Å². The predicted molar refractivity (Wildman–Crippen MR) is 80.0 cm³/mol. The molecule has 1 aromatic carbocycles. The largest absolute Gasteiger partial charge is 0.490 e. The molecule has 1 aromatic rings. The Morgan fingerprint density at radius 1 is 1.33 bits per heavy atom. The fourth-order valence-corrected chi connectivity index (χ4v) is 2.12. The van der Waals surface area contributed by atoms with Crippen molar-refractivity contribution in [3.63, 3.8) is 0 Å². The second kappa shape index (κ2) is 7.98. The molecule has 2 N–H and O–H groups in total. The van der Waals surface area contributed by atoms with Gasteiger partial charge in [-0.05, 0) is 31.9 Å². The van der Waals surface area contributed by atoms with Gasteiger partial charge in [0.25, 0.3) is 5.91 Å². The molecule has 0 saturated carbocycles. The van der Waals surface area contributed by atoms with Crippen LogP contribution in [0.1, 0.15) is 44.0 Å². The second-order valence-corrected chi connectivity index (χ2v) is 5.10. The highest BCUT2D eigenvalue weighted by molar-refractivity contribution is 5.97. The van der Waals surface area contributed by atoms with E-state index in [-0.39, 0.29) is 29.9 Å². The Kier molecular flexibility index (Phi) is 6.62. The van der Waals surface area contributed by atoms with Crippen LogP contribution in [0, 0.1) is 11.2 Å². The first-order valence-electron chi connectivity index (χ1n) is 7.34. The fourth-order valence-electron chi connectivity index (χ4n) is 2.12. The van der Waals surface area contributed by atoms with Crippen molar-refractivity contribution in [2.24, 2.45) is 5.41 Å². The number of aliphatic hydroxyl groups excluding tert-OH is 1. The van der Waals surface area contributed by atoms with E-state index in [1.807, 2.05) is 13.8 Å². The van der Waals surface area contributed by atoms with Crippen molar-refractivity contribution in [3.05, 3.63) is 29.6 Å². The lowest BCUT2D eigenvalue weighted by Gasteiger charge is -2.29. The van der Waals surface area contributed by atoms with Gasteiger partial charge >= 0.3 is 0 Å². The number of ether oxygens (including phenoxy) is 1. The minimum Gasteiger partial charge on any atom is -0.490 e. The topological polar surface area (TPSA) is 58.6 Å². The van der Waals surface area contributed by atoms with Crippen LogP contribution in [0.2, 0.25) is 0 Å². The number of aliphatic hydroxyl groups is 1. The van der Waals surface area contributed by atoms with E-state index in [9.17, 15) is 14.3 Å². The van der Waals surface area contributed by atoms with Crippen LogP contribution >= 0.6 is 0 Å². The van der Waals surface area contributed by atoms with E-state index in [2.05, 4.69) is 5.32 Å². The number of carbonyl (C=O) groups excluding carboxylic acids is 1. The summed E-state index contributed by atoms with van der Waals surface area (Å²) in [5.74, 6) is -0.971. The third-order valence-corrected chi connectivity index (χ3v) is 3.96. The van der Waals surface area contributed by atoms with Crippen LogP contribution in [-0.2, 0) is 0 Å². The van der Waals surface area contributed by atoms with E-state index in [0.717, 1.165) is 12.8 Å². The van der Waals surface area contributed by atoms with Gasteiger partial charge in [-0.2, -0.15) is 0 Å². The van der Waals surface area contributed by atoms with Gasteiger partial charge in [0.05, 0.1) is 18.8 Å². The summed E-state index contributed by atoms with van der Waals surface area (Å²) in [5.41, 5.74) is -0.162. The lowest BCUT2D eigenvalue weighted by molar-refractivity contribution is 0.0847. The molecule has 21 heavy (non-hydrogen) atoms. The first-order chi connectivity index (χ1) is 10.0. The molecule has 5 heteroatoms. The monoisotopic (exact) mass is 297 g/mol. The van der Waals surface area contributed by atoms with Crippen molar-refractivity contribution < 1.29 is 19.0 Å². The third kappa shape index (κ3) is 4.17. The van der Waals surface area contributed by atoms with Crippen molar-refractivity contribution in [1.29, 1.82) is 0 Å². The summed E-state index contributed by atoms with van der Waals surface area (Å²) >= 11 is 0. The molecule has 0 radical (unpaired) electrons. The van der Waals surface area contributed by atoms with E-state index >= 15 is 0 Å². The molecule has 1 amide bonds. The van der Waals surface area contributed by atoms with Crippen LogP contribution < -0.4 is 10.1 Å². The Bertz CT molecular complexity index is 464. The van der Waals surface area contributed by atoms with E-state index in [1.165, 1.54) is 18.2 Å². The maximum absolute atomic E-state index is 13.7. The lowest BCUT2D eigenvalue weighted by Crippen LogP contribution is -2.39. The van der Waals surface area contributed by atoms with Gasteiger partial charge in [-0.1, -0.05) is 19.9 Å². The average Bonchev–Trinajstić information content (AvgIpc) is 2.51. The van der Waals surface area contributed by atoms with Crippen LogP contribution in [0.15, 0.2) is 18.2 Å². The summed E-state index contributed by atoms with van der Waals surface area (Å²) in [6.45, 7) is 6.31. The molecule has 0 atom stereocenters. The minimum absolute atomic E-state index is 0.00173. The number of benzene rings is 1. The first kappa shape index (κ1) is 17.4. The SMILES string of the molecule is CCOc1c(F)cccc1C(=O)NCC(CC)(CC)CO. The summed E-state index contributed by atoms with van der Waals surface area (Å²) < 4.78 is 18.9. The molecule has 0 aliphatic carbocycles. The highest BCUT2D eigenvalue weighted by Gasteiger charge is 2.26. The van der Waals surface area contributed by atoms with E-state index in [0.29, 0.717) is 6.54 Å². The zero-order chi connectivity index (χ0) is 15.9. The smallest absolute Gasteiger partial charge is 0.255 e. The molecule has 0 heterocycles. The Labute approximate surface area is 125 Å². The lowest BCUT2D eigenvalue weighted by atomic mass is 9.83.